The number of aliphatic hydroxyl groups is 1. The van der Waals surface area contributed by atoms with E-state index in [1.165, 1.54) is 6.42 Å². The van der Waals surface area contributed by atoms with Crippen molar-refractivity contribution in [1.29, 1.82) is 0 Å². The van der Waals surface area contributed by atoms with Crippen LogP contribution in [0, 0.1) is 0 Å². The molecule has 1 N–H and O–H groups in total. The van der Waals surface area contributed by atoms with Gasteiger partial charge in [-0.3, -0.25) is 4.90 Å². The van der Waals surface area contributed by atoms with Crippen LogP contribution in [-0.4, -0.2) is 35.7 Å². The lowest BCUT2D eigenvalue weighted by atomic mass is 10.2. The minimum atomic E-state index is 0.278. The van der Waals surface area contributed by atoms with Crippen LogP contribution in [0.1, 0.15) is 12.8 Å². The molecule has 0 aromatic carbocycles. The predicted molar refractivity (Wildman–Crippen MR) is 49.7 cm³/mol. The summed E-state index contributed by atoms with van der Waals surface area (Å²) in [6.07, 6.45) is 2.32. The van der Waals surface area contributed by atoms with Crippen molar-refractivity contribution < 1.29 is 5.11 Å². The molecule has 3 heteroatoms. The largest absolute Gasteiger partial charge is 0.395 e. The second kappa shape index (κ2) is 4.24. The van der Waals surface area contributed by atoms with E-state index in [4.69, 9.17) is 5.11 Å². The summed E-state index contributed by atoms with van der Waals surface area (Å²) in [4.78, 5) is 2.26. The lowest BCUT2D eigenvalue weighted by Gasteiger charge is -2.21. The molecule has 1 aliphatic rings. The molecule has 1 heterocycles. The summed E-state index contributed by atoms with van der Waals surface area (Å²) < 4.78 is 0.998. The Bertz CT molecular complexity index is 149. The maximum absolute atomic E-state index is 8.96. The monoisotopic (exact) mass is 219 g/mol. The molecular formula is C8H14BrNO. The van der Waals surface area contributed by atoms with Gasteiger partial charge in [-0.05, 0) is 19.4 Å². The van der Waals surface area contributed by atoms with E-state index in [1.54, 1.807) is 0 Å². The van der Waals surface area contributed by atoms with Crippen molar-refractivity contribution >= 4 is 15.9 Å². The van der Waals surface area contributed by atoms with Gasteiger partial charge in [-0.1, -0.05) is 22.5 Å². The van der Waals surface area contributed by atoms with Crippen molar-refractivity contribution in [2.45, 2.75) is 18.9 Å². The van der Waals surface area contributed by atoms with Gasteiger partial charge >= 0.3 is 0 Å². The average molecular weight is 220 g/mol. The molecule has 0 amide bonds. The highest BCUT2D eigenvalue weighted by Crippen LogP contribution is 2.18. The molecule has 2 nitrogen and oxygen atoms in total. The Morgan fingerprint density at radius 1 is 1.73 bits per heavy atom. The van der Waals surface area contributed by atoms with Gasteiger partial charge < -0.3 is 5.11 Å². The van der Waals surface area contributed by atoms with Gasteiger partial charge in [0.15, 0.2) is 0 Å². The third kappa shape index (κ3) is 2.58. The highest BCUT2D eigenvalue weighted by Gasteiger charge is 2.22. The van der Waals surface area contributed by atoms with Crippen molar-refractivity contribution in [3.63, 3.8) is 0 Å². The van der Waals surface area contributed by atoms with Gasteiger partial charge in [0, 0.05) is 17.1 Å². The lowest BCUT2D eigenvalue weighted by molar-refractivity contribution is 0.169. The predicted octanol–water partition coefficient (Wildman–Crippen LogP) is 1.35. The second-order valence-corrected chi connectivity index (χ2v) is 4.09. The van der Waals surface area contributed by atoms with Gasteiger partial charge in [0.1, 0.15) is 0 Å². The molecule has 0 bridgehead atoms. The van der Waals surface area contributed by atoms with Crippen molar-refractivity contribution in [2.24, 2.45) is 0 Å². The van der Waals surface area contributed by atoms with E-state index in [0.717, 1.165) is 24.0 Å². The van der Waals surface area contributed by atoms with E-state index in [1.807, 2.05) is 0 Å². The first-order chi connectivity index (χ1) is 5.24. The Hall–Kier alpha value is 0.140. The Balaban J connectivity index is 2.37. The maximum Gasteiger partial charge on any atom is 0.0587 e. The average Bonchev–Trinajstić information content (AvgIpc) is 2.34. The summed E-state index contributed by atoms with van der Waals surface area (Å²) in [6, 6.07) is 0.365. The van der Waals surface area contributed by atoms with Crippen LogP contribution in [0.2, 0.25) is 0 Å². The Labute approximate surface area is 76.0 Å². The molecule has 1 aliphatic heterocycles. The van der Waals surface area contributed by atoms with Gasteiger partial charge in [0.2, 0.25) is 0 Å². The normalized spacial score (nSPS) is 25.8. The maximum atomic E-state index is 8.96. The molecule has 11 heavy (non-hydrogen) atoms. The van der Waals surface area contributed by atoms with Crippen LogP contribution in [0.5, 0.6) is 0 Å². The van der Waals surface area contributed by atoms with E-state index >= 15 is 0 Å². The summed E-state index contributed by atoms with van der Waals surface area (Å²) in [5.41, 5.74) is 0. The fourth-order valence-electron chi connectivity index (χ4n) is 1.53. The molecule has 0 aliphatic carbocycles. The van der Waals surface area contributed by atoms with Crippen molar-refractivity contribution in [3.05, 3.63) is 11.1 Å². The molecule has 64 valence electrons. The number of rotatable bonds is 3. The van der Waals surface area contributed by atoms with E-state index in [2.05, 4.69) is 27.4 Å². The Morgan fingerprint density at radius 3 is 3.00 bits per heavy atom. The van der Waals surface area contributed by atoms with E-state index in [0.29, 0.717) is 6.04 Å². The quantitative estimate of drug-likeness (QED) is 0.776. The van der Waals surface area contributed by atoms with Gasteiger partial charge in [0.25, 0.3) is 0 Å². The van der Waals surface area contributed by atoms with Crippen LogP contribution in [0.15, 0.2) is 11.1 Å². The van der Waals surface area contributed by atoms with Crippen molar-refractivity contribution in [3.8, 4) is 0 Å². The van der Waals surface area contributed by atoms with E-state index < -0.39 is 0 Å². The summed E-state index contributed by atoms with van der Waals surface area (Å²) in [7, 11) is 0. The van der Waals surface area contributed by atoms with Crippen molar-refractivity contribution in [2.75, 3.05) is 19.7 Å². The molecule has 0 aromatic rings. The molecule has 0 radical (unpaired) electrons. The van der Waals surface area contributed by atoms with Crippen LogP contribution < -0.4 is 0 Å². The van der Waals surface area contributed by atoms with Crippen LogP contribution in [0.4, 0.5) is 0 Å². The SMILES string of the molecule is C=C(Br)CN1CCCC1CO. The molecular weight excluding hydrogens is 206 g/mol. The molecule has 1 atom stereocenters. The number of likely N-dealkylation sites (tertiary alicyclic amines) is 1. The molecule has 0 spiro atoms. The van der Waals surface area contributed by atoms with Crippen molar-refractivity contribution in [1.82, 2.24) is 4.90 Å². The topological polar surface area (TPSA) is 23.5 Å². The van der Waals surface area contributed by atoms with Crippen LogP contribution >= 0.6 is 15.9 Å². The molecule has 1 fully saturated rings. The van der Waals surface area contributed by atoms with Gasteiger partial charge in [-0.2, -0.15) is 0 Å². The molecule has 1 unspecified atom stereocenters. The third-order valence-electron chi connectivity index (χ3n) is 2.08. The zero-order valence-corrected chi connectivity index (χ0v) is 8.18. The summed E-state index contributed by atoms with van der Waals surface area (Å²) in [5, 5.41) is 8.96. The number of hydrogen-bond donors (Lipinski definition) is 1. The fraction of sp³-hybridized carbons (Fsp3) is 0.750. The Kier molecular flexibility index (Phi) is 3.55. The number of aliphatic hydroxyl groups excluding tert-OH is 1. The zero-order valence-electron chi connectivity index (χ0n) is 6.59. The highest BCUT2D eigenvalue weighted by molar-refractivity contribution is 9.11. The minimum Gasteiger partial charge on any atom is -0.395 e. The standard InChI is InChI=1S/C8H14BrNO/c1-7(9)5-10-4-2-3-8(10)6-11/h8,11H,1-6H2. The first-order valence-corrected chi connectivity index (χ1v) is 4.71. The van der Waals surface area contributed by atoms with Gasteiger partial charge in [0.05, 0.1) is 6.61 Å². The first kappa shape index (κ1) is 9.23. The fourth-order valence-corrected chi connectivity index (χ4v) is 1.85. The smallest absolute Gasteiger partial charge is 0.0587 e. The molecule has 1 saturated heterocycles. The summed E-state index contributed by atoms with van der Waals surface area (Å²) in [6.45, 7) is 6.02. The highest BCUT2D eigenvalue weighted by atomic mass is 79.9. The number of hydrogen-bond acceptors (Lipinski definition) is 2. The second-order valence-electron chi connectivity index (χ2n) is 2.97. The number of nitrogens with zero attached hydrogens (tertiary/aromatic N) is 1. The van der Waals surface area contributed by atoms with E-state index in [9.17, 15) is 0 Å². The lowest BCUT2D eigenvalue weighted by Crippen LogP contribution is -2.32. The zero-order chi connectivity index (χ0) is 8.27. The van der Waals surface area contributed by atoms with Gasteiger partial charge in [-0.25, -0.2) is 0 Å². The summed E-state index contributed by atoms with van der Waals surface area (Å²) in [5.74, 6) is 0. The minimum absolute atomic E-state index is 0.278. The Morgan fingerprint density at radius 2 is 2.45 bits per heavy atom. The third-order valence-corrected chi connectivity index (χ3v) is 2.34. The van der Waals surface area contributed by atoms with Crippen LogP contribution in [0.3, 0.4) is 0 Å². The molecule has 0 saturated carbocycles. The molecule has 1 rings (SSSR count). The van der Waals surface area contributed by atoms with Crippen LogP contribution in [0.25, 0.3) is 0 Å². The first-order valence-electron chi connectivity index (χ1n) is 3.92. The summed E-state index contributed by atoms with van der Waals surface area (Å²) >= 11 is 3.32. The molecule has 0 aromatic heterocycles. The van der Waals surface area contributed by atoms with E-state index in [-0.39, 0.29) is 6.61 Å². The van der Waals surface area contributed by atoms with Crippen LogP contribution in [-0.2, 0) is 0 Å². The van der Waals surface area contributed by atoms with Gasteiger partial charge in [-0.15, -0.1) is 0 Å². The number of halogens is 1.